The predicted octanol–water partition coefficient (Wildman–Crippen LogP) is 19.2. The highest BCUT2D eigenvalue weighted by atomic mass is 16.6. The number of carbonyl (C=O) groups is 3. The van der Waals surface area contributed by atoms with Crippen molar-refractivity contribution in [1.82, 2.24) is 0 Å². The van der Waals surface area contributed by atoms with Crippen molar-refractivity contribution in [1.29, 1.82) is 0 Å². The first kappa shape index (κ1) is 62.4. The van der Waals surface area contributed by atoms with Crippen molar-refractivity contribution >= 4 is 17.9 Å². The predicted molar refractivity (Wildman–Crippen MR) is 275 cm³/mol. The van der Waals surface area contributed by atoms with Crippen LogP contribution in [0, 0.1) is 0 Å². The molecule has 0 bridgehead atoms. The van der Waals surface area contributed by atoms with Gasteiger partial charge in [-0.05, 0) is 19.3 Å². The SMILES string of the molecule is CCCCCCCCCCCCCCCCCCCCCCCCCC(=O)OCC(COC(=O)CCCCCCCCCCC)OC(=O)CCCCCCCCCCCCCCCC. The highest BCUT2D eigenvalue weighted by molar-refractivity contribution is 5.71. The minimum atomic E-state index is -0.760. The molecule has 6 nitrogen and oxygen atoms in total. The molecule has 380 valence electrons. The first-order chi connectivity index (χ1) is 31.5. The van der Waals surface area contributed by atoms with Crippen LogP contribution in [0.4, 0.5) is 0 Å². The van der Waals surface area contributed by atoms with E-state index in [1.807, 2.05) is 0 Å². The monoisotopic (exact) mass is 905 g/mol. The fourth-order valence-electron chi connectivity index (χ4n) is 8.98. The molecule has 1 atom stereocenters. The molecule has 0 saturated heterocycles. The van der Waals surface area contributed by atoms with Gasteiger partial charge in [0.05, 0.1) is 0 Å². The largest absolute Gasteiger partial charge is 0.462 e. The molecule has 0 aromatic carbocycles. The molecule has 0 aliphatic carbocycles. The molecule has 1 unspecified atom stereocenters. The lowest BCUT2D eigenvalue weighted by atomic mass is 10.0. The normalized spacial score (nSPS) is 11.9. The van der Waals surface area contributed by atoms with Gasteiger partial charge in [-0.1, -0.05) is 297 Å². The maximum Gasteiger partial charge on any atom is 0.306 e. The highest BCUT2D eigenvalue weighted by Crippen LogP contribution is 2.18. The average Bonchev–Trinajstić information content (AvgIpc) is 3.29. The van der Waals surface area contributed by atoms with E-state index in [-0.39, 0.29) is 31.1 Å². The van der Waals surface area contributed by atoms with Gasteiger partial charge in [0.1, 0.15) is 13.2 Å². The van der Waals surface area contributed by atoms with Gasteiger partial charge in [-0.25, -0.2) is 0 Å². The number of unbranched alkanes of at least 4 members (excludes halogenated alkanes) is 43. The Morgan fingerprint density at radius 1 is 0.250 bits per heavy atom. The summed E-state index contributed by atoms with van der Waals surface area (Å²) in [6.07, 6.45) is 59.7. The molecule has 0 aromatic heterocycles. The van der Waals surface area contributed by atoms with E-state index in [0.29, 0.717) is 19.3 Å². The molecule has 0 amide bonds. The molecular formula is C58H112O6. The van der Waals surface area contributed by atoms with Crippen LogP contribution in [0.25, 0.3) is 0 Å². The maximum atomic E-state index is 12.8. The Morgan fingerprint density at radius 2 is 0.422 bits per heavy atom. The van der Waals surface area contributed by atoms with Crippen LogP contribution >= 0.6 is 0 Å². The Labute approximate surface area is 399 Å². The van der Waals surface area contributed by atoms with Crippen molar-refractivity contribution in [3.8, 4) is 0 Å². The molecule has 0 rings (SSSR count). The van der Waals surface area contributed by atoms with E-state index in [1.165, 1.54) is 238 Å². The van der Waals surface area contributed by atoms with Crippen molar-refractivity contribution in [2.24, 2.45) is 0 Å². The molecule has 0 heterocycles. The number of esters is 3. The average molecular weight is 906 g/mol. The minimum Gasteiger partial charge on any atom is -0.462 e. The van der Waals surface area contributed by atoms with Crippen LogP contribution in [-0.2, 0) is 28.6 Å². The second kappa shape index (κ2) is 54.0. The van der Waals surface area contributed by atoms with Gasteiger partial charge in [0, 0.05) is 19.3 Å². The van der Waals surface area contributed by atoms with Gasteiger partial charge in [-0.15, -0.1) is 0 Å². The van der Waals surface area contributed by atoms with Crippen LogP contribution < -0.4 is 0 Å². The molecular weight excluding hydrogens is 793 g/mol. The fourth-order valence-corrected chi connectivity index (χ4v) is 8.98. The molecule has 0 aliphatic rings. The van der Waals surface area contributed by atoms with E-state index in [2.05, 4.69) is 20.8 Å². The fraction of sp³-hybridized carbons (Fsp3) is 0.948. The summed E-state index contributed by atoms with van der Waals surface area (Å²) in [5, 5.41) is 0. The standard InChI is InChI=1S/C58H112O6/c1-4-7-10-13-16-19-21-23-25-26-27-28-29-30-31-32-33-35-36-39-42-45-48-51-57(60)63-54-55(53-62-56(59)50-47-44-41-38-18-15-12-9-6-3)64-58(61)52-49-46-43-40-37-34-24-22-20-17-14-11-8-5-2/h55H,4-54H2,1-3H3. The van der Waals surface area contributed by atoms with E-state index in [9.17, 15) is 14.4 Å². The Morgan fingerprint density at radius 3 is 0.625 bits per heavy atom. The van der Waals surface area contributed by atoms with Crippen molar-refractivity contribution in [2.45, 2.75) is 341 Å². The molecule has 0 radical (unpaired) electrons. The van der Waals surface area contributed by atoms with Gasteiger partial charge in [-0.2, -0.15) is 0 Å². The topological polar surface area (TPSA) is 78.9 Å². The van der Waals surface area contributed by atoms with E-state index >= 15 is 0 Å². The number of carbonyl (C=O) groups excluding carboxylic acids is 3. The number of rotatable bonds is 54. The van der Waals surface area contributed by atoms with Crippen LogP contribution in [0.2, 0.25) is 0 Å². The summed E-state index contributed by atoms with van der Waals surface area (Å²) >= 11 is 0. The summed E-state index contributed by atoms with van der Waals surface area (Å²) in [6.45, 7) is 6.68. The lowest BCUT2D eigenvalue weighted by Gasteiger charge is -2.18. The molecule has 0 aromatic rings. The third-order valence-electron chi connectivity index (χ3n) is 13.4. The zero-order valence-electron chi connectivity index (χ0n) is 43.6. The zero-order valence-corrected chi connectivity index (χ0v) is 43.6. The van der Waals surface area contributed by atoms with Crippen LogP contribution in [0.3, 0.4) is 0 Å². The summed E-state index contributed by atoms with van der Waals surface area (Å²) in [6, 6.07) is 0. The van der Waals surface area contributed by atoms with Crippen LogP contribution in [0.15, 0.2) is 0 Å². The summed E-state index contributed by atoms with van der Waals surface area (Å²) in [4.78, 5) is 38.0. The Bertz CT molecular complexity index is 951. The van der Waals surface area contributed by atoms with Gasteiger partial charge in [-0.3, -0.25) is 14.4 Å². The molecule has 64 heavy (non-hydrogen) atoms. The highest BCUT2D eigenvalue weighted by Gasteiger charge is 2.19. The smallest absolute Gasteiger partial charge is 0.306 e. The van der Waals surface area contributed by atoms with Gasteiger partial charge >= 0.3 is 17.9 Å². The molecule has 0 N–H and O–H groups in total. The lowest BCUT2D eigenvalue weighted by Crippen LogP contribution is -2.30. The molecule has 0 fully saturated rings. The van der Waals surface area contributed by atoms with E-state index in [0.717, 1.165) is 57.8 Å². The maximum absolute atomic E-state index is 12.8. The molecule has 0 spiro atoms. The summed E-state index contributed by atoms with van der Waals surface area (Å²) in [7, 11) is 0. The van der Waals surface area contributed by atoms with Crippen LogP contribution in [-0.4, -0.2) is 37.2 Å². The first-order valence-electron chi connectivity index (χ1n) is 29.0. The number of hydrogen-bond acceptors (Lipinski definition) is 6. The summed E-state index contributed by atoms with van der Waals surface area (Å²) in [5.74, 6) is -0.838. The van der Waals surface area contributed by atoms with Gasteiger partial charge < -0.3 is 14.2 Å². The Kier molecular flexibility index (Phi) is 52.7. The second-order valence-corrected chi connectivity index (χ2v) is 19.9. The van der Waals surface area contributed by atoms with E-state index in [4.69, 9.17) is 14.2 Å². The van der Waals surface area contributed by atoms with Crippen molar-refractivity contribution in [3.05, 3.63) is 0 Å². The molecule has 6 heteroatoms. The van der Waals surface area contributed by atoms with E-state index < -0.39 is 6.10 Å². The molecule has 0 aliphatic heterocycles. The Hall–Kier alpha value is -1.59. The van der Waals surface area contributed by atoms with Crippen LogP contribution in [0.5, 0.6) is 0 Å². The number of ether oxygens (including phenoxy) is 3. The second-order valence-electron chi connectivity index (χ2n) is 19.9. The first-order valence-corrected chi connectivity index (χ1v) is 29.0. The number of hydrogen-bond donors (Lipinski definition) is 0. The van der Waals surface area contributed by atoms with Gasteiger partial charge in [0.15, 0.2) is 6.10 Å². The van der Waals surface area contributed by atoms with Gasteiger partial charge in [0.2, 0.25) is 0 Å². The molecule has 0 saturated carbocycles. The lowest BCUT2D eigenvalue weighted by molar-refractivity contribution is -0.167. The minimum absolute atomic E-state index is 0.0615. The van der Waals surface area contributed by atoms with Crippen LogP contribution in [0.1, 0.15) is 335 Å². The van der Waals surface area contributed by atoms with Crippen molar-refractivity contribution in [2.75, 3.05) is 13.2 Å². The third kappa shape index (κ3) is 51.4. The van der Waals surface area contributed by atoms with Crippen molar-refractivity contribution < 1.29 is 28.6 Å². The third-order valence-corrected chi connectivity index (χ3v) is 13.4. The van der Waals surface area contributed by atoms with Gasteiger partial charge in [0.25, 0.3) is 0 Å². The van der Waals surface area contributed by atoms with E-state index in [1.54, 1.807) is 0 Å². The van der Waals surface area contributed by atoms with Crippen molar-refractivity contribution in [3.63, 3.8) is 0 Å². The summed E-state index contributed by atoms with van der Waals surface area (Å²) < 4.78 is 16.8. The summed E-state index contributed by atoms with van der Waals surface area (Å²) in [5.41, 5.74) is 0. The quantitative estimate of drug-likeness (QED) is 0.0344. The zero-order chi connectivity index (χ0) is 46.5. The Balaban J connectivity index is 4.13.